The minimum Gasteiger partial charge on any atom is -0.443 e. The van der Waals surface area contributed by atoms with Crippen molar-refractivity contribution in [2.45, 2.75) is 38.6 Å². The Morgan fingerprint density at radius 3 is 2.67 bits per heavy atom. The summed E-state index contributed by atoms with van der Waals surface area (Å²) < 4.78 is 5.55. The van der Waals surface area contributed by atoms with Crippen LogP contribution in [0.3, 0.4) is 0 Å². The maximum absolute atomic E-state index is 5.55. The number of rotatable bonds is 2. The van der Waals surface area contributed by atoms with Gasteiger partial charge in [-0.25, -0.2) is 4.98 Å². The minimum absolute atomic E-state index is 0.220. The first kappa shape index (κ1) is 7.80. The summed E-state index contributed by atoms with van der Waals surface area (Å²) in [6.45, 7) is 4.58. The largest absolute Gasteiger partial charge is 0.443 e. The van der Waals surface area contributed by atoms with Gasteiger partial charge in [0.25, 0.3) is 0 Å². The molecule has 0 amide bonds. The molecule has 0 saturated heterocycles. The Morgan fingerprint density at radius 2 is 2.25 bits per heavy atom. The molecule has 0 radical (unpaired) electrons. The van der Waals surface area contributed by atoms with E-state index in [4.69, 9.17) is 10.2 Å². The summed E-state index contributed by atoms with van der Waals surface area (Å²) in [5.41, 5.74) is 6.66. The lowest BCUT2D eigenvalue weighted by atomic mass is 10.1. The average molecular weight is 166 g/mol. The maximum atomic E-state index is 5.55. The van der Waals surface area contributed by atoms with E-state index in [1.54, 1.807) is 0 Å². The molecule has 0 unspecified atom stereocenters. The van der Waals surface area contributed by atoms with Crippen LogP contribution in [0, 0.1) is 6.92 Å². The molecule has 0 atom stereocenters. The van der Waals surface area contributed by atoms with Crippen molar-refractivity contribution >= 4 is 0 Å². The Balaban J connectivity index is 2.34. The molecule has 0 spiro atoms. The number of oxazole rings is 1. The molecule has 66 valence electrons. The van der Waals surface area contributed by atoms with Crippen molar-refractivity contribution < 1.29 is 4.42 Å². The van der Waals surface area contributed by atoms with Crippen molar-refractivity contribution in [1.29, 1.82) is 0 Å². The number of hydrogen-bond donors (Lipinski definition) is 1. The molecule has 2 N–H and O–H groups in total. The van der Waals surface area contributed by atoms with E-state index in [-0.39, 0.29) is 5.41 Å². The lowest BCUT2D eigenvalue weighted by Crippen LogP contribution is -1.99. The number of nitrogens with zero attached hydrogens (tertiary/aromatic N) is 1. The van der Waals surface area contributed by atoms with Gasteiger partial charge in [0.15, 0.2) is 0 Å². The third kappa shape index (κ3) is 1.05. The smallest absolute Gasteiger partial charge is 0.200 e. The van der Waals surface area contributed by atoms with E-state index in [1.807, 2.05) is 6.92 Å². The number of aryl methyl sites for hydroxylation is 1. The monoisotopic (exact) mass is 166 g/mol. The molecular weight excluding hydrogens is 152 g/mol. The van der Waals surface area contributed by atoms with Crippen LogP contribution in [-0.4, -0.2) is 4.98 Å². The average Bonchev–Trinajstić information content (AvgIpc) is 2.65. The Labute approximate surface area is 72.0 Å². The molecule has 1 aromatic heterocycles. The van der Waals surface area contributed by atoms with Gasteiger partial charge < -0.3 is 10.2 Å². The highest BCUT2D eigenvalue weighted by molar-refractivity contribution is 5.18. The fourth-order valence-corrected chi connectivity index (χ4v) is 1.28. The van der Waals surface area contributed by atoms with Crippen molar-refractivity contribution in [1.82, 2.24) is 4.98 Å². The van der Waals surface area contributed by atoms with Crippen LogP contribution in [0.25, 0.3) is 0 Å². The summed E-state index contributed by atoms with van der Waals surface area (Å²) in [6.07, 6.45) is 2.38. The predicted molar refractivity (Wildman–Crippen MR) is 45.7 cm³/mol. The van der Waals surface area contributed by atoms with Crippen LogP contribution in [0.5, 0.6) is 0 Å². The van der Waals surface area contributed by atoms with E-state index in [0.717, 1.165) is 17.3 Å². The maximum Gasteiger partial charge on any atom is 0.200 e. The SMILES string of the molecule is Cc1nc(C2(C)CC2)oc1CN. The summed E-state index contributed by atoms with van der Waals surface area (Å²) in [7, 11) is 0. The molecule has 0 aromatic carbocycles. The normalized spacial score (nSPS) is 19.6. The zero-order valence-corrected chi connectivity index (χ0v) is 7.55. The van der Waals surface area contributed by atoms with Crippen LogP contribution >= 0.6 is 0 Å². The predicted octanol–water partition coefficient (Wildman–Crippen LogP) is 1.49. The lowest BCUT2D eigenvalue weighted by Gasteiger charge is -1.99. The van der Waals surface area contributed by atoms with Crippen LogP contribution in [-0.2, 0) is 12.0 Å². The van der Waals surface area contributed by atoms with Crippen molar-refractivity contribution in [3.63, 3.8) is 0 Å². The molecular formula is C9H14N2O. The van der Waals surface area contributed by atoms with Gasteiger partial charge in [0.2, 0.25) is 5.89 Å². The molecule has 1 aromatic rings. The van der Waals surface area contributed by atoms with Gasteiger partial charge in [0.05, 0.1) is 12.2 Å². The molecule has 12 heavy (non-hydrogen) atoms. The molecule has 0 bridgehead atoms. The third-order valence-electron chi connectivity index (χ3n) is 2.59. The molecule has 1 heterocycles. The molecule has 1 aliphatic carbocycles. The summed E-state index contributed by atoms with van der Waals surface area (Å²) in [4.78, 5) is 4.37. The first-order valence-electron chi connectivity index (χ1n) is 4.32. The van der Waals surface area contributed by atoms with E-state index >= 15 is 0 Å². The van der Waals surface area contributed by atoms with Crippen molar-refractivity contribution in [3.8, 4) is 0 Å². The Morgan fingerprint density at radius 1 is 1.58 bits per heavy atom. The standard InChI is InChI=1S/C9H14N2O/c1-6-7(5-10)12-8(11-6)9(2)3-4-9/h3-5,10H2,1-2H3. The second-order valence-electron chi connectivity index (χ2n) is 3.79. The summed E-state index contributed by atoms with van der Waals surface area (Å²) >= 11 is 0. The molecule has 2 rings (SSSR count). The molecule has 1 saturated carbocycles. The van der Waals surface area contributed by atoms with Gasteiger partial charge in [0.1, 0.15) is 5.76 Å². The van der Waals surface area contributed by atoms with E-state index in [1.165, 1.54) is 12.8 Å². The van der Waals surface area contributed by atoms with Crippen LogP contribution in [0.2, 0.25) is 0 Å². The van der Waals surface area contributed by atoms with E-state index in [2.05, 4.69) is 11.9 Å². The second kappa shape index (κ2) is 2.33. The minimum atomic E-state index is 0.220. The summed E-state index contributed by atoms with van der Waals surface area (Å²) in [6, 6.07) is 0. The zero-order chi connectivity index (χ0) is 8.77. The molecule has 3 heteroatoms. The van der Waals surface area contributed by atoms with Crippen molar-refractivity contribution in [2.75, 3.05) is 0 Å². The van der Waals surface area contributed by atoms with Crippen LogP contribution in [0.1, 0.15) is 37.1 Å². The highest BCUT2D eigenvalue weighted by Gasteiger charge is 2.44. The molecule has 0 aliphatic heterocycles. The Bertz CT molecular complexity index is 299. The zero-order valence-electron chi connectivity index (χ0n) is 7.55. The third-order valence-corrected chi connectivity index (χ3v) is 2.59. The number of nitrogens with two attached hydrogens (primary N) is 1. The van der Waals surface area contributed by atoms with Gasteiger partial charge in [-0.2, -0.15) is 0 Å². The van der Waals surface area contributed by atoms with Crippen LogP contribution in [0.15, 0.2) is 4.42 Å². The summed E-state index contributed by atoms with van der Waals surface area (Å²) in [5.74, 6) is 1.71. The fraction of sp³-hybridized carbons (Fsp3) is 0.667. The van der Waals surface area contributed by atoms with E-state index in [9.17, 15) is 0 Å². The summed E-state index contributed by atoms with van der Waals surface area (Å²) in [5, 5.41) is 0. The topological polar surface area (TPSA) is 52.0 Å². The molecule has 1 fully saturated rings. The highest BCUT2D eigenvalue weighted by atomic mass is 16.4. The van der Waals surface area contributed by atoms with Gasteiger partial charge in [-0.15, -0.1) is 0 Å². The molecule has 3 nitrogen and oxygen atoms in total. The fourth-order valence-electron chi connectivity index (χ4n) is 1.28. The van der Waals surface area contributed by atoms with Crippen LogP contribution in [0.4, 0.5) is 0 Å². The number of hydrogen-bond acceptors (Lipinski definition) is 3. The van der Waals surface area contributed by atoms with Gasteiger partial charge >= 0.3 is 0 Å². The highest BCUT2D eigenvalue weighted by Crippen LogP contribution is 2.47. The lowest BCUT2D eigenvalue weighted by molar-refractivity contribution is 0.420. The van der Waals surface area contributed by atoms with Gasteiger partial charge in [0, 0.05) is 5.41 Å². The first-order chi connectivity index (χ1) is 5.65. The van der Waals surface area contributed by atoms with Gasteiger partial charge in [-0.05, 0) is 19.8 Å². The van der Waals surface area contributed by atoms with Crippen molar-refractivity contribution in [2.24, 2.45) is 5.73 Å². The Hall–Kier alpha value is -0.830. The van der Waals surface area contributed by atoms with E-state index < -0.39 is 0 Å². The second-order valence-corrected chi connectivity index (χ2v) is 3.79. The molecule has 1 aliphatic rings. The van der Waals surface area contributed by atoms with Gasteiger partial charge in [-0.3, -0.25) is 0 Å². The van der Waals surface area contributed by atoms with Gasteiger partial charge in [-0.1, -0.05) is 6.92 Å². The van der Waals surface area contributed by atoms with E-state index in [0.29, 0.717) is 6.54 Å². The van der Waals surface area contributed by atoms with Crippen LogP contribution < -0.4 is 5.73 Å². The van der Waals surface area contributed by atoms with Crippen molar-refractivity contribution in [3.05, 3.63) is 17.3 Å². The number of aromatic nitrogens is 1. The Kier molecular flexibility index (Phi) is 1.51. The first-order valence-corrected chi connectivity index (χ1v) is 4.32. The quantitative estimate of drug-likeness (QED) is 0.724.